The zero-order valence-corrected chi connectivity index (χ0v) is 12.7. The summed E-state index contributed by atoms with van der Waals surface area (Å²) in [7, 11) is 0. The molecule has 0 aliphatic carbocycles. The third kappa shape index (κ3) is 4.85. The molecular weight excluding hydrogens is 280 g/mol. The number of rotatable bonds is 6. The summed E-state index contributed by atoms with van der Waals surface area (Å²) in [4.78, 5) is 23.2. The van der Waals surface area contributed by atoms with Crippen molar-refractivity contribution >= 4 is 23.5 Å². The molecule has 0 saturated carbocycles. The lowest BCUT2D eigenvalue weighted by Gasteiger charge is -2.17. The molecule has 1 atom stereocenters. The molecule has 1 aromatic carbocycles. The fourth-order valence-electron chi connectivity index (χ4n) is 1.63. The number of hydrogen-bond donors (Lipinski definition) is 0. The molecule has 1 rings (SSSR count). The van der Waals surface area contributed by atoms with E-state index in [1.54, 1.807) is 25.1 Å². The largest absolute Gasteiger partial charge is 0.478 e. The number of ether oxygens (including phenoxy) is 2. The van der Waals surface area contributed by atoms with E-state index in [4.69, 9.17) is 21.1 Å². The maximum atomic E-state index is 11.8. The number of halogens is 1. The predicted octanol–water partition coefficient (Wildman–Crippen LogP) is 3.68. The summed E-state index contributed by atoms with van der Waals surface area (Å²) in [6, 6.07) is 5.13. The maximum Gasteiger partial charge on any atom is 0.354 e. The highest BCUT2D eigenvalue weighted by atomic mass is 35.5. The first-order valence-electron chi connectivity index (χ1n) is 6.65. The Labute approximate surface area is 124 Å². The first-order chi connectivity index (χ1) is 9.47. The Morgan fingerprint density at radius 2 is 2.00 bits per heavy atom. The Balaban J connectivity index is 2.71. The molecule has 1 aromatic rings. The molecule has 0 radical (unpaired) electrons. The lowest BCUT2D eigenvalue weighted by molar-refractivity contribution is -0.164. The van der Waals surface area contributed by atoms with Crippen molar-refractivity contribution in [3.63, 3.8) is 0 Å². The number of carbonyl (C=O) groups is 2. The summed E-state index contributed by atoms with van der Waals surface area (Å²) >= 11 is 5.86. The second-order valence-electron chi connectivity index (χ2n) is 4.47. The Hall–Kier alpha value is -1.55. The molecule has 4 nitrogen and oxygen atoms in total. The van der Waals surface area contributed by atoms with Crippen LogP contribution in [0.4, 0.5) is 0 Å². The highest BCUT2D eigenvalue weighted by Crippen LogP contribution is 2.23. The van der Waals surface area contributed by atoms with E-state index < -0.39 is 18.0 Å². The minimum absolute atomic E-state index is 0.224. The average Bonchev–Trinajstić information content (AvgIpc) is 2.38. The van der Waals surface area contributed by atoms with Gasteiger partial charge in [0.25, 0.3) is 0 Å². The molecule has 1 unspecified atom stereocenters. The SMILES string of the molecule is CCCC(=O)OC(=O)C(CC)Oc1ccc(Cl)cc1C. The van der Waals surface area contributed by atoms with Crippen molar-refractivity contribution in [3.8, 4) is 5.75 Å². The van der Waals surface area contributed by atoms with Crippen LogP contribution in [0.3, 0.4) is 0 Å². The average molecular weight is 299 g/mol. The third-order valence-electron chi connectivity index (χ3n) is 2.71. The van der Waals surface area contributed by atoms with Crippen LogP contribution in [0.25, 0.3) is 0 Å². The summed E-state index contributed by atoms with van der Waals surface area (Å²) in [5, 5.41) is 0.601. The predicted molar refractivity (Wildman–Crippen MR) is 76.9 cm³/mol. The lowest BCUT2D eigenvalue weighted by Crippen LogP contribution is -2.30. The number of esters is 2. The van der Waals surface area contributed by atoms with Crippen LogP contribution < -0.4 is 4.74 Å². The van der Waals surface area contributed by atoms with Crippen molar-refractivity contribution in [2.45, 2.75) is 46.1 Å². The third-order valence-corrected chi connectivity index (χ3v) is 2.94. The van der Waals surface area contributed by atoms with Gasteiger partial charge in [-0.25, -0.2) is 4.79 Å². The fraction of sp³-hybridized carbons (Fsp3) is 0.467. The molecule has 0 heterocycles. The van der Waals surface area contributed by atoms with Crippen LogP contribution in [0.5, 0.6) is 5.75 Å². The molecule has 0 N–H and O–H groups in total. The van der Waals surface area contributed by atoms with Crippen molar-refractivity contribution in [2.75, 3.05) is 0 Å². The first kappa shape index (κ1) is 16.5. The molecule has 0 bridgehead atoms. The maximum absolute atomic E-state index is 11.8. The zero-order valence-electron chi connectivity index (χ0n) is 11.9. The van der Waals surface area contributed by atoms with Crippen LogP contribution >= 0.6 is 11.6 Å². The summed E-state index contributed by atoms with van der Waals surface area (Å²) in [6.45, 7) is 5.47. The molecule has 110 valence electrons. The van der Waals surface area contributed by atoms with Gasteiger partial charge in [0.05, 0.1) is 0 Å². The van der Waals surface area contributed by atoms with Crippen molar-refractivity contribution < 1.29 is 19.1 Å². The van der Waals surface area contributed by atoms with Gasteiger partial charge in [-0.2, -0.15) is 0 Å². The Morgan fingerprint density at radius 3 is 2.55 bits per heavy atom. The summed E-state index contributed by atoms with van der Waals surface area (Å²) in [5.41, 5.74) is 0.823. The van der Waals surface area contributed by atoms with Gasteiger partial charge in [-0.05, 0) is 43.5 Å². The molecule has 0 aromatic heterocycles. The minimum atomic E-state index is -0.796. The van der Waals surface area contributed by atoms with E-state index in [2.05, 4.69) is 0 Å². The van der Waals surface area contributed by atoms with Gasteiger partial charge < -0.3 is 9.47 Å². The van der Waals surface area contributed by atoms with Crippen LogP contribution in [0.15, 0.2) is 18.2 Å². The highest BCUT2D eigenvalue weighted by molar-refractivity contribution is 6.30. The van der Waals surface area contributed by atoms with Crippen molar-refractivity contribution in [1.82, 2.24) is 0 Å². The van der Waals surface area contributed by atoms with Gasteiger partial charge in [0.2, 0.25) is 0 Å². The fourth-order valence-corrected chi connectivity index (χ4v) is 1.86. The Kier molecular flexibility index (Phi) is 6.52. The number of benzene rings is 1. The molecule has 0 spiro atoms. The van der Waals surface area contributed by atoms with Gasteiger partial charge in [-0.1, -0.05) is 25.4 Å². The number of aryl methyl sites for hydroxylation is 1. The summed E-state index contributed by atoms with van der Waals surface area (Å²) in [6.07, 6.45) is 0.485. The van der Waals surface area contributed by atoms with Crippen molar-refractivity contribution in [3.05, 3.63) is 28.8 Å². The lowest BCUT2D eigenvalue weighted by atomic mass is 10.2. The van der Waals surface area contributed by atoms with Crippen LogP contribution in [0.1, 0.15) is 38.7 Å². The van der Waals surface area contributed by atoms with E-state index in [1.807, 2.05) is 13.8 Å². The Bertz CT molecular complexity index is 485. The molecular formula is C15H19ClO4. The van der Waals surface area contributed by atoms with Gasteiger partial charge in [-0.3, -0.25) is 4.79 Å². The van der Waals surface area contributed by atoms with Gasteiger partial charge in [0.1, 0.15) is 5.75 Å². The van der Waals surface area contributed by atoms with Crippen molar-refractivity contribution in [1.29, 1.82) is 0 Å². The Morgan fingerprint density at radius 1 is 1.30 bits per heavy atom. The summed E-state index contributed by atoms with van der Waals surface area (Å²) in [5.74, 6) is -0.617. The molecule has 0 fully saturated rings. The smallest absolute Gasteiger partial charge is 0.354 e. The second kappa shape index (κ2) is 7.90. The topological polar surface area (TPSA) is 52.6 Å². The highest BCUT2D eigenvalue weighted by Gasteiger charge is 2.23. The molecule has 0 saturated heterocycles. The van der Waals surface area contributed by atoms with Crippen LogP contribution in [-0.2, 0) is 14.3 Å². The van der Waals surface area contributed by atoms with Crippen LogP contribution in [-0.4, -0.2) is 18.0 Å². The van der Waals surface area contributed by atoms with Gasteiger partial charge >= 0.3 is 11.9 Å². The van der Waals surface area contributed by atoms with Gasteiger partial charge in [0, 0.05) is 11.4 Å². The second-order valence-corrected chi connectivity index (χ2v) is 4.90. The van der Waals surface area contributed by atoms with Crippen molar-refractivity contribution in [2.24, 2.45) is 0 Å². The molecule has 5 heteroatoms. The van der Waals surface area contributed by atoms with Gasteiger partial charge in [0.15, 0.2) is 6.10 Å². The van der Waals surface area contributed by atoms with E-state index in [9.17, 15) is 9.59 Å². The van der Waals surface area contributed by atoms with E-state index >= 15 is 0 Å². The van der Waals surface area contributed by atoms with Crippen LogP contribution in [0, 0.1) is 6.92 Å². The van der Waals surface area contributed by atoms with E-state index in [0.717, 1.165) is 5.56 Å². The van der Waals surface area contributed by atoms with E-state index in [1.165, 1.54) is 0 Å². The standard InChI is InChI=1S/C15H19ClO4/c1-4-6-14(17)20-15(18)12(5-2)19-13-8-7-11(16)9-10(13)3/h7-9,12H,4-6H2,1-3H3. The normalized spacial score (nSPS) is 11.8. The van der Waals surface area contributed by atoms with Crippen LogP contribution in [0.2, 0.25) is 5.02 Å². The molecule has 0 amide bonds. The minimum Gasteiger partial charge on any atom is -0.478 e. The quantitative estimate of drug-likeness (QED) is 0.594. The first-order valence-corrected chi connectivity index (χ1v) is 7.03. The molecule has 20 heavy (non-hydrogen) atoms. The molecule has 0 aliphatic rings. The number of hydrogen-bond acceptors (Lipinski definition) is 4. The number of carbonyl (C=O) groups excluding carboxylic acids is 2. The van der Waals surface area contributed by atoms with E-state index in [0.29, 0.717) is 23.6 Å². The van der Waals surface area contributed by atoms with E-state index in [-0.39, 0.29) is 6.42 Å². The summed E-state index contributed by atoms with van der Waals surface area (Å²) < 4.78 is 10.4. The monoisotopic (exact) mass is 298 g/mol. The molecule has 0 aliphatic heterocycles. The van der Waals surface area contributed by atoms with Gasteiger partial charge in [-0.15, -0.1) is 0 Å². The zero-order chi connectivity index (χ0) is 15.1.